The number of β-amino-alcohol motifs (C(OH)–C–C–N with tert-alkyl or cyclic N) is 1. The Kier molecular flexibility index (Phi) is 4.24. The zero-order valence-corrected chi connectivity index (χ0v) is 13.1. The molecule has 7 nitrogen and oxygen atoms in total. The summed E-state index contributed by atoms with van der Waals surface area (Å²) in [6.07, 6.45) is 6.12. The van der Waals surface area contributed by atoms with Crippen LogP contribution in [0.3, 0.4) is 0 Å². The maximum atomic E-state index is 9.65. The van der Waals surface area contributed by atoms with E-state index in [1.165, 1.54) is 0 Å². The first-order chi connectivity index (χ1) is 10.6. The number of imidazole rings is 1. The monoisotopic (exact) mass is 302 g/mol. The van der Waals surface area contributed by atoms with Gasteiger partial charge >= 0.3 is 0 Å². The van der Waals surface area contributed by atoms with Crippen molar-refractivity contribution in [3.05, 3.63) is 30.5 Å². The highest BCUT2D eigenvalue weighted by Crippen LogP contribution is 2.19. The van der Waals surface area contributed by atoms with E-state index < -0.39 is 0 Å². The summed E-state index contributed by atoms with van der Waals surface area (Å²) in [5.74, 6) is 2.60. The number of hydrogen-bond acceptors (Lipinski definition) is 6. The lowest BCUT2D eigenvalue weighted by Crippen LogP contribution is -2.27. The first-order valence-electron chi connectivity index (χ1n) is 7.58. The van der Waals surface area contributed by atoms with Gasteiger partial charge in [-0.1, -0.05) is 0 Å². The molecule has 118 valence electrons. The number of nitrogens with zero attached hydrogens (tertiary/aromatic N) is 6. The van der Waals surface area contributed by atoms with Crippen molar-refractivity contribution in [2.24, 2.45) is 0 Å². The second-order valence-electron chi connectivity index (χ2n) is 5.69. The molecule has 7 heteroatoms. The van der Waals surface area contributed by atoms with Gasteiger partial charge in [0.1, 0.15) is 11.6 Å². The molecule has 0 unspecified atom stereocenters. The van der Waals surface area contributed by atoms with Crippen LogP contribution in [-0.4, -0.2) is 57.4 Å². The predicted octanol–water partition coefficient (Wildman–Crippen LogP) is 0.689. The summed E-state index contributed by atoms with van der Waals surface area (Å²) in [7, 11) is 1.99. The number of rotatable bonds is 5. The number of aliphatic hydroxyl groups excluding tert-OH is 1. The molecule has 1 saturated heterocycles. The molecule has 0 radical (unpaired) electrons. The summed E-state index contributed by atoms with van der Waals surface area (Å²) in [6.45, 7) is 5.14. The van der Waals surface area contributed by atoms with Gasteiger partial charge < -0.3 is 19.5 Å². The zero-order valence-electron chi connectivity index (χ0n) is 13.1. The van der Waals surface area contributed by atoms with Crippen LogP contribution in [0.4, 0.5) is 11.8 Å². The van der Waals surface area contributed by atoms with Gasteiger partial charge in [0, 0.05) is 51.8 Å². The van der Waals surface area contributed by atoms with Gasteiger partial charge in [0.25, 0.3) is 0 Å². The second-order valence-corrected chi connectivity index (χ2v) is 5.69. The zero-order chi connectivity index (χ0) is 15.5. The summed E-state index contributed by atoms with van der Waals surface area (Å²) >= 11 is 0. The lowest BCUT2D eigenvalue weighted by Gasteiger charge is -2.21. The minimum absolute atomic E-state index is 0.250. The molecule has 1 atom stereocenters. The summed E-state index contributed by atoms with van der Waals surface area (Å²) in [6, 6.07) is 1.90. The molecule has 1 N–H and O–H groups in total. The van der Waals surface area contributed by atoms with Crippen LogP contribution >= 0.6 is 0 Å². The molecular weight excluding hydrogens is 280 g/mol. The van der Waals surface area contributed by atoms with Gasteiger partial charge in [-0.2, -0.15) is 4.98 Å². The van der Waals surface area contributed by atoms with Gasteiger partial charge in [0.2, 0.25) is 5.95 Å². The van der Waals surface area contributed by atoms with Crippen LogP contribution in [-0.2, 0) is 6.54 Å². The Bertz CT molecular complexity index is 628. The van der Waals surface area contributed by atoms with Crippen LogP contribution < -0.4 is 9.80 Å². The predicted molar refractivity (Wildman–Crippen MR) is 85.1 cm³/mol. The molecule has 0 aliphatic carbocycles. The number of anilines is 2. The Morgan fingerprint density at radius 1 is 1.36 bits per heavy atom. The SMILES string of the molecule is Cc1nccn1CCN(C)c1nccc(N2CC[C@H](O)C2)n1. The van der Waals surface area contributed by atoms with Crippen molar-refractivity contribution >= 4 is 11.8 Å². The van der Waals surface area contributed by atoms with Crippen molar-refractivity contribution in [2.75, 3.05) is 36.5 Å². The first-order valence-corrected chi connectivity index (χ1v) is 7.58. The highest BCUT2D eigenvalue weighted by Gasteiger charge is 2.21. The molecular formula is C15H22N6O. The maximum absolute atomic E-state index is 9.65. The van der Waals surface area contributed by atoms with E-state index in [0.29, 0.717) is 12.5 Å². The second kappa shape index (κ2) is 6.31. The fourth-order valence-electron chi connectivity index (χ4n) is 2.65. The molecule has 1 aliphatic rings. The van der Waals surface area contributed by atoms with Gasteiger partial charge in [-0.05, 0) is 19.4 Å². The average molecular weight is 302 g/mol. The van der Waals surface area contributed by atoms with Crippen LogP contribution in [0, 0.1) is 6.92 Å². The van der Waals surface area contributed by atoms with Gasteiger partial charge in [-0.25, -0.2) is 9.97 Å². The van der Waals surface area contributed by atoms with Crippen LogP contribution in [0.1, 0.15) is 12.2 Å². The van der Waals surface area contributed by atoms with E-state index in [1.54, 1.807) is 6.20 Å². The van der Waals surface area contributed by atoms with Gasteiger partial charge in [0.15, 0.2) is 0 Å². The minimum atomic E-state index is -0.250. The van der Waals surface area contributed by atoms with E-state index in [9.17, 15) is 5.11 Å². The molecule has 0 saturated carbocycles. The standard InChI is InChI=1S/C15H22N6O/c1-12-16-6-8-20(12)10-9-19(2)15-17-5-3-14(18-15)21-7-4-13(22)11-21/h3,5-6,8,13,22H,4,7,9-11H2,1-2H3/t13-/m0/s1. The number of aryl methyl sites for hydroxylation is 1. The highest BCUT2D eigenvalue weighted by molar-refractivity contribution is 5.44. The highest BCUT2D eigenvalue weighted by atomic mass is 16.3. The van der Waals surface area contributed by atoms with Crippen molar-refractivity contribution in [3.8, 4) is 0 Å². The molecule has 1 aliphatic heterocycles. The van der Waals surface area contributed by atoms with Gasteiger partial charge in [-0.15, -0.1) is 0 Å². The van der Waals surface area contributed by atoms with E-state index in [4.69, 9.17) is 0 Å². The van der Waals surface area contributed by atoms with Crippen molar-refractivity contribution in [2.45, 2.75) is 26.0 Å². The van der Waals surface area contributed by atoms with Crippen LogP contribution in [0.25, 0.3) is 0 Å². The fourth-order valence-corrected chi connectivity index (χ4v) is 2.65. The van der Waals surface area contributed by atoms with Crippen LogP contribution in [0.5, 0.6) is 0 Å². The Morgan fingerprint density at radius 3 is 2.91 bits per heavy atom. The maximum Gasteiger partial charge on any atom is 0.227 e. The van der Waals surface area contributed by atoms with Crippen molar-refractivity contribution in [1.82, 2.24) is 19.5 Å². The van der Waals surface area contributed by atoms with Crippen LogP contribution in [0.2, 0.25) is 0 Å². The lowest BCUT2D eigenvalue weighted by molar-refractivity contribution is 0.198. The molecule has 0 spiro atoms. The lowest BCUT2D eigenvalue weighted by atomic mass is 10.3. The Balaban J connectivity index is 1.65. The minimum Gasteiger partial charge on any atom is -0.391 e. The number of likely N-dealkylation sites (N-methyl/N-ethyl adjacent to an activating group) is 1. The van der Waals surface area contributed by atoms with Gasteiger partial charge in [0.05, 0.1) is 6.10 Å². The topological polar surface area (TPSA) is 70.3 Å². The molecule has 2 aromatic rings. The summed E-state index contributed by atoms with van der Waals surface area (Å²) in [4.78, 5) is 17.3. The number of hydrogen-bond donors (Lipinski definition) is 1. The quantitative estimate of drug-likeness (QED) is 0.876. The van der Waals surface area contributed by atoms with Gasteiger partial charge in [-0.3, -0.25) is 0 Å². The number of aliphatic hydroxyl groups is 1. The Morgan fingerprint density at radius 2 is 2.23 bits per heavy atom. The summed E-state index contributed by atoms with van der Waals surface area (Å²) in [5.41, 5.74) is 0. The average Bonchev–Trinajstić information content (AvgIpc) is 3.13. The van der Waals surface area contributed by atoms with Crippen molar-refractivity contribution in [3.63, 3.8) is 0 Å². The fraction of sp³-hybridized carbons (Fsp3) is 0.533. The molecule has 22 heavy (non-hydrogen) atoms. The molecule has 0 aromatic carbocycles. The van der Waals surface area contributed by atoms with E-state index in [1.807, 2.05) is 37.3 Å². The van der Waals surface area contributed by atoms with E-state index >= 15 is 0 Å². The normalized spacial score (nSPS) is 18.0. The molecule has 3 rings (SSSR count). The third-order valence-corrected chi connectivity index (χ3v) is 4.06. The van der Waals surface area contributed by atoms with E-state index in [0.717, 1.165) is 37.7 Å². The molecule has 0 amide bonds. The van der Waals surface area contributed by atoms with E-state index in [2.05, 4.69) is 24.4 Å². The van der Waals surface area contributed by atoms with Crippen molar-refractivity contribution in [1.29, 1.82) is 0 Å². The van der Waals surface area contributed by atoms with E-state index in [-0.39, 0.29) is 6.10 Å². The largest absolute Gasteiger partial charge is 0.391 e. The number of aromatic nitrogens is 4. The third-order valence-electron chi connectivity index (χ3n) is 4.06. The molecule has 2 aromatic heterocycles. The molecule has 0 bridgehead atoms. The molecule has 3 heterocycles. The summed E-state index contributed by atoms with van der Waals surface area (Å²) in [5, 5.41) is 9.65. The Hall–Kier alpha value is -2.15. The molecule has 1 fully saturated rings. The smallest absolute Gasteiger partial charge is 0.227 e. The first kappa shape index (κ1) is 14.8. The van der Waals surface area contributed by atoms with Crippen LogP contribution in [0.15, 0.2) is 24.7 Å². The summed E-state index contributed by atoms with van der Waals surface area (Å²) < 4.78 is 2.11. The third kappa shape index (κ3) is 3.19. The Labute approximate surface area is 130 Å². The van der Waals surface area contributed by atoms with Crippen molar-refractivity contribution < 1.29 is 5.11 Å².